The van der Waals surface area contributed by atoms with Crippen LogP contribution in [-0.2, 0) is 9.53 Å². The fraction of sp³-hybridized carbons (Fsp3) is 0.938. The first kappa shape index (κ1) is 15.3. The summed E-state index contributed by atoms with van der Waals surface area (Å²) in [6, 6.07) is 0. The molecular weight excluding hydrogens is 266 g/mol. The number of ether oxygens (including phenoxy) is 1. The Morgan fingerprint density at radius 3 is 2.57 bits per heavy atom. The van der Waals surface area contributed by atoms with Crippen LogP contribution < -0.4 is 5.32 Å². The summed E-state index contributed by atoms with van der Waals surface area (Å²) in [6.45, 7) is 9.83. The number of nitrogens with zero attached hydrogens (tertiary/aromatic N) is 2. The first-order chi connectivity index (χ1) is 10.2. The van der Waals surface area contributed by atoms with Crippen LogP contribution in [0.4, 0.5) is 0 Å². The van der Waals surface area contributed by atoms with Crippen molar-refractivity contribution in [2.75, 3.05) is 52.4 Å². The van der Waals surface area contributed by atoms with Crippen LogP contribution in [0.15, 0.2) is 0 Å². The van der Waals surface area contributed by atoms with Crippen LogP contribution in [0.3, 0.4) is 0 Å². The number of amides is 1. The van der Waals surface area contributed by atoms with Crippen molar-refractivity contribution in [3.8, 4) is 0 Å². The standard InChI is InChI=1S/C16H29N3O2/c1-16(4-6-17-7-5-16)15(20)19-10-8-18(9-11-19)13-14-3-2-12-21-14/h14,17H,2-13H2,1H3. The minimum atomic E-state index is -0.137. The summed E-state index contributed by atoms with van der Waals surface area (Å²) < 4.78 is 5.71. The summed E-state index contributed by atoms with van der Waals surface area (Å²) in [4.78, 5) is 17.3. The molecule has 0 aliphatic carbocycles. The summed E-state index contributed by atoms with van der Waals surface area (Å²) in [5.41, 5.74) is -0.137. The predicted octanol–water partition coefficient (Wildman–Crippen LogP) is 0.699. The Hall–Kier alpha value is -0.650. The average molecular weight is 295 g/mol. The zero-order chi connectivity index (χ0) is 14.7. The molecule has 21 heavy (non-hydrogen) atoms. The van der Waals surface area contributed by atoms with Gasteiger partial charge in [-0.05, 0) is 38.8 Å². The van der Waals surface area contributed by atoms with Crippen LogP contribution in [-0.4, -0.2) is 74.2 Å². The van der Waals surface area contributed by atoms with E-state index >= 15 is 0 Å². The van der Waals surface area contributed by atoms with Crippen LogP contribution in [0.1, 0.15) is 32.6 Å². The molecule has 120 valence electrons. The van der Waals surface area contributed by atoms with E-state index in [1.165, 1.54) is 12.8 Å². The number of nitrogens with one attached hydrogen (secondary N) is 1. The number of hydrogen-bond donors (Lipinski definition) is 1. The molecule has 0 spiro atoms. The Morgan fingerprint density at radius 2 is 1.95 bits per heavy atom. The van der Waals surface area contributed by atoms with E-state index in [-0.39, 0.29) is 5.41 Å². The van der Waals surface area contributed by atoms with Crippen LogP contribution in [0.5, 0.6) is 0 Å². The first-order valence-electron chi connectivity index (χ1n) is 8.51. The summed E-state index contributed by atoms with van der Waals surface area (Å²) >= 11 is 0. The molecule has 1 unspecified atom stereocenters. The molecule has 3 heterocycles. The molecule has 3 aliphatic rings. The molecule has 3 rings (SSSR count). The van der Waals surface area contributed by atoms with Gasteiger partial charge in [0.2, 0.25) is 5.91 Å². The smallest absolute Gasteiger partial charge is 0.228 e. The van der Waals surface area contributed by atoms with Crippen LogP contribution in [0.25, 0.3) is 0 Å². The van der Waals surface area contributed by atoms with Gasteiger partial charge in [0.1, 0.15) is 0 Å². The van der Waals surface area contributed by atoms with E-state index in [9.17, 15) is 4.79 Å². The molecule has 0 aromatic rings. The molecule has 1 N–H and O–H groups in total. The molecule has 3 fully saturated rings. The Labute approximate surface area is 128 Å². The maximum Gasteiger partial charge on any atom is 0.228 e. The molecule has 0 radical (unpaired) electrons. The van der Waals surface area contributed by atoms with Crippen molar-refractivity contribution in [1.82, 2.24) is 15.1 Å². The third-order valence-corrected chi connectivity index (χ3v) is 5.37. The second-order valence-electron chi connectivity index (χ2n) is 7.04. The number of rotatable bonds is 3. The Bertz CT molecular complexity index is 355. The van der Waals surface area contributed by atoms with E-state index in [1.807, 2.05) is 0 Å². The minimum absolute atomic E-state index is 0.137. The number of hydrogen-bond acceptors (Lipinski definition) is 4. The molecule has 1 atom stereocenters. The lowest BCUT2D eigenvalue weighted by Crippen LogP contribution is -2.55. The average Bonchev–Trinajstić information content (AvgIpc) is 3.01. The molecule has 0 aromatic heterocycles. The number of piperidine rings is 1. The van der Waals surface area contributed by atoms with Crippen molar-refractivity contribution < 1.29 is 9.53 Å². The van der Waals surface area contributed by atoms with Crippen molar-refractivity contribution in [1.29, 1.82) is 0 Å². The lowest BCUT2D eigenvalue weighted by molar-refractivity contribution is -0.144. The predicted molar refractivity (Wildman–Crippen MR) is 82.2 cm³/mol. The van der Waals surface area contributed by atoms with Gasteiger partial charge in [0.15, 0.2) is 0 Å². The van der Waals surface area contributed by atoms with Crippen LogP contribution >= 0.6 is 0 Å². The van der Waals surface area contributed by atoms with Crippen LogP contribution in [0, 0.1) is 5.41 Å². The highest BCUT2D eigenvalue weighted by Gasteiger charge is 2.38. The summed E-state index contributed by atoms with van der Waals surface area (Å²) in [5, 5.41) is 3.35. The van der Waals surface area contributed by atoms with Gasteiger partial charge in [0.25, 0.3) is 0 Å². The number of piperazine rings is 1. The molecule has 5 nitrogen and oxygen atoms in total. The molecule has 5 heteroatoms. The van der Waals surface area contributed by atoms with Crippen LogP contribution in [0.2, 0.25) is 0 Å². The summed E-state index contributed by atoms with van der Waals surface area (Å²) in [6.07, 6.45) is 4.78. The molecule has 3 aliphatic heterocycles. The van der Waals surface area contributed by atoms with E-state index in [4.69, 9.17) is 4.74 Å². The highest BCUT2D eigenvalue weighted by atomic mass is 16.5. The maximum absolute atomic E-state index is 12.8. The molecular formula is C16H29N3O2. The monoisotopic (exact) mass is 295 g/mol. The molecule has 0 bridgehead atoms. The van der Waals surface area contributed by atoms with Gasteiger partial charge in [0, 0.05) is 44.7 Å². The fourth-order valence-corrected chi connectivity index (χ4v) is 3.78. The van der Waals surface area contributed by atoms with Gasteiger partial charge in [-0.1, -0.05) is 6.92 Å². The zero-order valence-corrected chi connectivity index (χ0v) is 13.3. The third kappa shape index (κ3) is 3.58. The van der Waals surface area contributed by atoms with Gasteiger partial charge in [-0.3, -0.25) is 9.69 Å². The molecule has 0 saturated carbocycles. The molecule has 3 saturated heterocycles. The van der Waals surface area contributed by atoms with Crippen molar-refractivity contribution in [2.45, 2.75) is 38.7 Å². The normalized spacial score (nSPS) is 30.5. The minimum Gasteiger partial charge on any atom is -0.377 e. The number of carbonyl (C=O) groups excluding carboxylic acids is 1. The van der Waals surface area contributed by atoms with Gasteiger partial charge in [-0.25, -0.2) is 0 Å². The van der Waals surface area contributed by atoms with Gasteiger partial charge >= 0.3 is 0 Å². The fourth-order valence-electron chi connectivity index (χ4n) is 3.78. The highest BCUT2D eigenvalue weighted by molar-refractivity contribution is 5.82. The van der Waals surface area contributed by atoms with Gasteiger partial charge in [-0.2, -0.15) is 0 Å². The second kappa shape index (κ2) is 6.63. The van der Waals surface area contributed by atoms with Gasteiger partial charge in [0.05, 0.1) is 6.10 Å². The zero-order valence-electron chi connectivity index (χ0n) is 13.3. The Kier molecular flexibility index (Phi) is 4.82. The van der Waals surface area contributed by atoms with Crippen molar-refractivity contribution in [2.24, 2.45) is 5.41 Å². The Morgan fingerprint density at radius 1 is 1.24 bits per heavy atom. The number of carbonyl (C=O) groups is 1. The molecule has 0 aromatic carbocycles. The van der Waals surface area contributed by atoms with E-state index < -0.39 is 0 Å². The third-order valence-electron chi connectivity index (χ3n) is 5.37. The van der Waals surface area contributed by atoms with Crippen molar-refractivity contribution >= 4 is 5.91 Å². The highest BCUT2D eigenvalue weighted by Crippen LogP contribution is 2.30. The van der Waals surface area contributed by atoms with Crippen molar-refractivity contribution in [3.63, 3.8) is 0 Å². The second-order valence-corrected chi connectivity index (χ2v) is 7.04. The van der Waals surface area contributed by atoms with E-state index in [2.05, 4.69) is 22.0 Å². The SMILES string of the molecule is CC1(C(=O)N2CCN(CC3CCCO3)CC2)CCNCC1. The first-order valence-corrected chi connectivity index (χ1v) is 8.51. The topological polar surface area (TPSA) is 44.8 Å². The van der Waals surface area contributed by atoms with Crippen molar-refractivity contribution in [3.05, 3.63) is 0 Å². The van der Waals surface area contributed by atoms with E-state index in [1.54, 1.807) is 0 Å². The largest absolute Gasteiger partial charge is 0.377 e. The summed E-state index contributed by atoms with van der Waals surface area (Å²) in [5.74, 6) is 0.376. The van der Waals surface area contributed by atoms with Gasteiger partial charge < -0.3 is 15.0 Å². The molecule has 1 amide bonds. The lowest BCUT2D eigenvalue weighted by Gasteiger charge is -2.41. The van der Waals surface area contributed by atoms with E-state index in [0.717, 1.165) is 65.3 Å². The summed E-state index contributed by atoms with van der Waals surface area (Å²) in [7, 11) is 0. The van der Waals surface area contributed by atoms with E-state index in [0.29, 0.717) is 12.0 Å². The quantitative estimate of drug-likeness (QED) is 0.832. The Balaban J connectivity index is 1.47. The lowest BCUT2D eigenvalue weighted by atomic mass is 9.79. The maximum atomic E-state index is 12.8. The van der Waals surface area contributed by atoms with Gasteiger partial charge in [-0.15, -0.1) is 0 Å².